The molecule has 3 aliphatic heterocycles. The largest absolute Gasteiger partial charge is 0.381 e. The van der Waals surface area contributed by atoms with Crippen molar-refractivity contribution in [1.29, 1.82) is 0 Å². The van der Waals surface area contributed by atoms with Crippen LogP contribution < -0.4 is 5.32 Å². The van der Waals surface area contributed by atoms with E-state index in [1.165, 1.54) is 6.07 Å². The van der Waals surface area contributed by atoms with Crippen molar-refractivity contribution in [3.63, 3.8) is 0 Å². The molecule has 2 atom stereocenters. The molecule has 9 heteroatoms. The van der Waals surface area contributed by atoms with Crippen LogP contribution in [0.25, 0.3) is 0 Å². The molecule has 2 fully saturated rings. The van der Waals surface area contributed by atoms with E-state index < -0.39 is 11.6 Å². The maximum Gasteiger partial charge on any atom is 0.318 e. The van der Waals surface area contributed by atoms with Crippen molar-refractivity contribution in [2.24, 2.45) is 5.92 Å². The van der Waals surface area contributed by atoms with Crippen LogP contribution in [0.4, 0.5) is 13.6 Å². The molecule has 0 unspecified atom stereocenters. The predicted octanol–water partition coefficient (Wildman–Crippen LogP) is 2.89. The molecule has 2 amide bonds. The summed E-state index contributed by atoms with van der Waals surface area (Å²) in [7, 11) is 1.97. The van der Waals surface area contributed by atoms with Crippen molar-refractivity contribution in [3.05, 3.63) is 58.7 Å². The minimum Gasteiger partial charge on any atom is -0.381 e. The molecular formula is C25H31F2N5O2. The number of ether oxygens (including phenoxy) is 1. The summed E-state index contributed by atoms with van der Waals surface area (Å²) in [5.74, 6) is -0.442. The number of nitrogens with zero attached hydrogens (tertiary/aromatic N) is 4. The normalized spacial score (nSPS) is 23.7. The molecule has 1 aromatic heterocycles. The second-order valence-electron chi connectivity index (χ2n) is 9.75. The topological polar surface area (TPSA) is 70.6 Å². The third kappa shape index (κ3) is 5.05. The third-order valence-electron chi connectivity index (χ3n) is 7.28. The van der Waals surface area contributed by atoms with Crippen LogP contribution in [0.2, 0.25) is 0 Å². The van der Waals surface area contributed by atoms with Crippen LogP contribution in [0.15, 0.2) is 24.4 Å². The number of nitrogens with one attached hydrogen (secondary N) is 1. The smallest absolute Gasteiger partial charge is 0.318 e. The predicted molar refractivity (Wildman–Crippen MR) is 122 cm³/mol. The Hall–Kier alpha value is -2.65. The first kappa shape index (κ1) is 23.1. The molecular weight excluding hydrogens is 440 g/mol. The summed E-state index contributed by atoms with van der Waals surface area (Å²) in [6, 6.07) is 3.67. The van der Waals surface area contributed by atoms with Crippen LogP contribution in [-0.2, 0) is 24.1 Å². The zero-order valence-corrected chi connectivity index (χ0v) is 19.5. The van der Waals surface area contributed by atoms with Gasteiger partial charge in [0.25, 0.3) is 0 Å². The number of urea groups is 1. The molecule has 0 spiro atoms. The van der Waals surface area contributed by atoms with E-state index in [0.29, 0.717) is 37.7 Å². The average molecular weight is 472 g/mol. The van der Waals surface area contributed by atoms with Crippen LogP contribution in [0.5, 0.6) is 0 Å². The number of likely N-dealkylation sites (tertiary alicyclic amines) is 1. The fourth-order valence-corrected chi connectivity index (χ4v) is 5.30. The Morgan fingerprint density at radius 1 is 1.21 bits per heavy atom. The summed E-state index contributed by atoms with van der Waals surface area (Å²) in [6.07, 6.45) is 5.54. The minimum absolute atomic E-state index is 0.102. The van der Waals surface area contributed by atoms with Gasteiger partial charge in [-0.15, -0.1) is 0 Å². The highest BCUT2D eigenvalue weighted by molar-refractivity contribution is 5.75. The van der Waals surface area contributed by atoms with Gasteiger partial charge in [-0.1, -0.05) is 6.07 Å². The molecule has 1 N–H and O–H groups in total. The number of halogens is 2. The van der Waals surface area contributed by atoms with Gasteiger partial charge in [-0.3, -0.25) is 0 Å². The molecule has 182 valence electrons. The summed E-state index contributed by atoms with van der Waals surface area (Å²) >= 11 is 0. The molecule has 34 heavy (non-hydrogen) atoms. The maximum absolute atomic E-state index is 13.8. The van der Waals surface area contributed by atoms with Gasteiger partial charge in [0.05, 0.1) is 18.3 Å². The monoisotopic (exact) mass is 471 g/mol. The van der Waals surface area contributed by atoms with Gasteiger partial charge in [0.15, 0.2) is 11.6 Å². The molecule has 2 aromatic rings. The Kier molecular flexibility index (Phi) is 6.74. The lowest BCUT2D eigenvalue weighted by atomic mass is 9.94. The van der Waals surface area contributed by atoms with Crippen molar-refractivity contribution in [1.82, 2.24) is 25.1 Å². The van der Waals surface area contributed by atoms with Crippen LogP contribution in [0.1, 0.15) is 41.4 Å². The van der Waals surface area contributed by atoms with E-state index in [9.17, 15) is 13.6 Å². The number of likely N-dealkylation sites (N-methyl/N-ethyl adjacent to an activating group) is 1. The zero-order chi connectivity index (χ0) is 23.7. The van der Waals surface area contributed by atoms with Gasteiger partial charge >= 0.3 is 6.03 Å². The number of benzene rings is 1. The van der Waals surface area contributed by atoms with Crippen LogP contribution in [0, 0.1) is 17.6 Å². The van der Waals surface area contributed by atoms with E-state index in [2.05, 4.69) is 15.2 Å². The number of hydrogen-bond acceptors (Lipinski definition) is 5. The first-order valence-corrected chi connectivity index (χ1v) is 12.1. The molecule has 0 aliphatic carbocycles. The summed E-state index contributed by atoms with van der Waals surface area (Å²) in [4.78, 5) is 26.4. The van der Waals surface area contributed by atoms with Crippen molar-refractivity contribution in [2.45, 2.75) is 44.2 Å². The molecule has 0 saturated carbocycles. The highest BCUT2D eigenvalue weighted by Gasteiger charge is 2.35. The van der Waals surface area contributed by atoms with Gasteiger partial charge in [-0.25, -0.2) is 23.5 Å². The average Bonchev–Trinajstić information content (AvgIpc) is 3.20. The number of carbonyl (C=O) groups is 1. The highest BCUT2D eigenvalue weighted by atomic mass is 19.2. The first-order valence-electron chi connectivity index (χ1n) is 12.1. The number of rotatable bonds is 4. The first-order chi connectivity index (χ1) is 16.5. The van der Waals surface area contributed by atoms with Gasteiger partial charge in [0.2, 0.25) is 0 Å². The Balaban J connectivity index is 1.24. The fraction of sp³-hybridized carbons (Fsp3) is 0.560. The molecule has 0 bridgehead atoms. The Morgan fingerprint density at radius 3 is 2.82 bits per heavy atom. The van der Waals surface area contributed by atoms with E-state index in [0.717, 1.165) is 62.0 Å². The van der Waals surface area contributed by atoms with Crippen molar-refractivity contribution in [3.8, 4) is 0 Å². The number of aromatic nitrogens is 2. The second-order valence-corrected chi connectivity index (χ2v) is 9.75. The molecule has 1 aromatic carbocycles. The van der Waals surface area contributed by atoms with Gasteiger partial charge in [0.1, 0.15) is 5.82 Å². The third-order valence-corrected chi connectivity index (χ3v) is 7.28. The lowest BCUT2D eigenvalue weighted by Crippen LogP contribution is -2.49. The van der Waals surface area contributed by atoms with E-state index in [1.54, 1.807) is 11.0 Å². The van der Waals surface area contributed by atoms with Crippen molar-refractivity contribution in [2.75, 3.05) is 39.9 Å². The molecule has 3 aliphatic rings. The number of carbonyl (C=O) groups excluding carboxylic acids is 1. The zero-order valence-electron chi connectivity index (χ0n) is 19.5. The van der Waals surface area contributed by atoms with E-state index in [1.807, 2.05) is 13.2 Å². The highest BCUT2D eigenvalue weighted by Crippen LogP contribution is 2.29. The van der Waals surface area contributed by atoms with Crippen LogP contribution in [-0.4, -0.2) is 71.7 Å². The Labute approximate surface area is 198 Å². The fourth-order valence-electron chi connectivity index (χ4n) is 5.30. The quantitative estimate of drug-likeness (QED) is 0.743. The molecule has 2 saturated heterocycles. The Bertz CT molecular complexity index is 1050. The van der Waals surface area contributed by atoms with E-state index in [-0.39, 0.29) is 18.0 Å². The Morgan fingerprint density at radius 2 is 2.03 bits per heavy atom. The molecule has 0 radical (unpaired) electrons. The van der Waals surface area contributed by atoms with Crippen LogP contribution >= 0.6 is 0 Å². The second kappa shape index (κ2) is 9.92. The standard InChI is InChI=1S/C25H31F2N5O2/c1-31-13-19(17-2-3-20(26)21(27)11-17)23(14-31)30-25(33)32-7-4-18-12-28-24(29-22(18)15-32)10-16-5-8-34-9-6-16/h2-3,11-12,16,19,23H,4-10,13-15H2,1H3,(H,30,33)/t19-,23+/m0/s1. The SMILES string of the molecule is CN1C[C@@H](NC(=O)N2CCc3cnc(CC4CCOCC4)nc3C2)[C@H](c2ccc(F)c(F)c2)C1. The van der Waals surface area contributed by atoms with E-state index in [4.69, 9.17) is 9.72 Å². The number of amides is 2. The molecule has 5 rings (SSSR count). The van der Waals surface area contributed by atoms with Gasteiger partial charge in [-0.05, 0) is 55.5 Å². The summed E-state index contributed by atoms with van der Waals surface area (Å²) < 4.78 is 32.7. The van der Waals surface area contributed by atoms with Gasteiger partial charge in [-0.2, -0.15) is 0 Å². The van der Waals surface area contributed by atoms with Crippen LogP contribution in [0.3, 0.4) is 0 Å². The van der Waals surface area contributed by atoms with E-state index >= 15 is 0 Å². The number of fused-ring (bicyclic) bond motifs is 1. The lowest BCUT2D eigenvalue weighted by Gasteiger charge is -2.31. The number of hydrogen-bond donors (Lipinski definition) is 1. The van der Waals surface area contributed by atoms with Gasteiger partial charge in [0, 0.05) is 51.4 Å². The molecule has 7 nitrogen and oxygen atoms in total. The minimum atomic E-state index is -0.860. The van der Waals surface area contributed by atoms with Crippen molar-refractivity contribution >= 4 is 6.03 Å². The summed E-state index contributed by atoms with van der Waals surface area (Å²) in [6.45, 7) is 3.96. The van der Waals surface area contributed by atoms with Crippen molar-refractivity contribution < 1.29 is 18.3 Å². The summed E-state index contributed by atoms with van der Waals surface area (Å²) in [5.41, 5.74) is 2.71. The summed E-state index contributed by atoms with van der Waals surface area (Å²) in [5, 5.41) is 3.14. The molecule has 4 heterocycles. The maximum atomic E-state index is 13.8. The van der Waals surface area contributed by atoms with Gasteiger partial charge < -0.3 is 19.9 Å². The lowest BCUT2D eigenvalue weighted by molar-refractivity contribution is 0.0659.